The van der Waals surface area contributed by atoms with Gasteiger partial charge in [-0.3, -0.25) is 18.6 Å². The third-order valence-corrected chi connectivity index (χ3v) is 9.65. The molecule has 0 spiro atoms. The van der Waals surface area contributed by atoms with Gasteiger partial charge in [0.05, 0.1) is 32.0 Å². The van der Waals surface area contributed by atoms with Crippen LogP contribution in [0.25, 0.3) is 0 Å². The van der Waals surface area contributed by atoms with Gasteiger partial charge in [-0.05, 0) is 51.4 Å². The zero-order valence-corrected chi connectivity index (χ0v) is 34.7. The van der Waals surface area contributed by atoms with Gasteiger partial charge in [0.25, 0.3) is 0 Å². The summed E-state index contributed by atoms with van der Waals surface area (Å²) in [6.45, 7) is 1.92. The van der Waals surface area contributed by atoms with E-state index in [1.807, 2.05) is 18.2 Å². The first kappa shape index (κ1) is 52.9. The molecule has 0 aromatic rings. The molecule has 1 unspecified atom stereocenters. The van der Waals surface area contributed by atoms with Crippen molar-refractivity contribution in [3.63, 3.8) is 0 Å². The molecule has 55 heavy (non-hydrogen) atoms. The Morgan fingerprint density at radius 3 is 1.64 bits per heavy atom. The van der Waals surface area contributed by atoms with E-state index in [4.69, 9.17) is 19.1 Å². The highest BCUT2D eigenvalue weighted by Crippen LogP contribution is 2.43. The molecule has 0 aliphatic carbocycles. The molecule has 0 bridgehead atoms. The Balaban J connectivity index is 4.57. The van der Waals surface area contributed by atoms with Crippen LogP contribution in [0.1, 0.15) is 155 Å². The molecule has 320 valence electrons. The summed E-state index contributed by atoms with van der Waals surface area (Å²) >= 11 is 0. The predicted octanol–water partition coefficient (Wildman–Crippen LogP) is 8.50. The van der Waals surface area contributed by atoms with Gasteiger partial charge >= 0.3 is 19.8 Å². The first-order chi connectivity index (χ1) is 26.5. The Labute approximate surface area is 331 Å². The highest BCUT2D eigenvalue weighted by Gasteiger charge is 2.27. The second-order valence-corrected chi connectivity index (χ2v) is 15.4. The molecular weight excluding hydrogens is 727 g/mol. The van der Waals surface area contributed by atoms with Gasteiger partial charge in [0.2, 0.25) is 0 Å². The average molecular weight is 803 g/mol. The summed E-state index contributed by atoms with van der Waals surface area (Å²) in [6.07, 6.45) is 31.1. The molecule has 12 nitrogen and oxygen atoms in total. The predicted molar refractivity (Wildman–Crippen MR) is 217 cm³/mol. The standard InChI is InChI=1S/C42H75O12P/c1-3-5-7-9-11-13-15-17-19-21-23-25-27-31-42(48)54-38(36-53-55(49,50)52-34-37(44)33-43)35-51-41(47)32-28-30-40(46)39(45)29-26-24-22-20-18-16-14-12-10-8-6-4-2/h6,8,12,14,18,20,24,26,37-40,43-46H,3-5,7,9-11,13,15-17,19,21-23,25,27-36H2,1-2H3,(H,49,50)/b8-6-,14-12-,20-18-,26-24-/t37-,38+,39-,40-/m0/s1. The largest absolute Gasteiger partial charge is 0.472 e. The number of hydrogen-bond acceptors (Lipinski definition) is 11. The fourth-order valence-corrected chi connectivity index (χ4v) is 6.16. The van der Waals surface area contributed by atoms with E-state index in [0.29, 0.717) is 6.42 Å². The number of aliphatic hydroxyl groups excluding tert-OH is 4. The fourth-order valence-electron chi connectivity index (χ4n) is 5.37. The summed E-state index contributed by atoms with van der Waals surface area (Å²) in [5.74, 6) is -1.21. The molecule has 5 N–H and O–H groups in total. The maximum atomic E-state index is 12.6. The lowest BCUT2D eigenvalue weighted by atomic mass is 10.0. The van der Waals surface area contributed by atoms with Crippen LogP contribution in [0.3, 0.4) is 0 Å². The Morgan fingerprint density at radius 2 is 1.09 bits per heavy atom. The summed E-state index contributed by atoms with van der Waals surface area (Å²) < 4.78 is 32.5. The second-order valence-electron chi connectivity index (χ2n) is 13.9. The maximum absolute atomic E-state index is 12.6. The van der Waals surface area contributed by atoms with E-state index in [9.17, 15) is 34.4 Å². The lowest BCUT2D eigenvalue weighted by Gasteiger charge is -2.20. The normalized spacial score (nSPS) is 15.5. The summed E-state index contributed by atoms with van der Waals surface area (Å²) in [7, 11) is -4.68. The smallest absolute Gasteiger partial charge is 0.462 e. The number of rotatable bonds is 38. The highest BCUT2D eigenvalue weighted by molar-refractivity contribution is 7.47. The number of unbranched alkanes of at least 4 members (excludes halogenated alkanes) is 12. The number of carbonyl (C=O) groups excluding carboxylic acids is 2. The molecule has 0 radical (unpaired) electrons. The Hall–Kier alpha value is -2.15. The van der Waals surface area contributed by atoms with Gasteiger partial charge in [-0.1, -0.05) is 140 Å². The van der Waals surface area contributed by atoms with Crippen molar-refractivity contribution in [2.45, 2.75) is 180 Å². The first-order valence-corrected chi connectivity index (χ1v) is 22.3. The van der Waals surface area contributed by atoms with Crippen LogP contribution < -0.4 is 0 Å². The van der Waals surface area contributed by atoms with Crippen molar-refractivity contribution in [3.05, 3.63) is 48.6 Å². The van der Waals surface area contributed by atoms with Crippen molar-refractivity contribution in [2.75, 3.05) is 26.4 Å². The van der Waals surface area contributed by atoms with Crippen molar-refractivity contribution in [3.8, 4) is 0 Å². The van der Waals surface area contributed by atoms with E-state index in [2.05, 4.69) is 48.8 Å². The van der Waals surface area contributed by atoms with Gasteiger partial charge in [0.1, 0.15) is 12.7 Å². The van der Waals surface area contributed by atoms with E-state index in [0.717, 1.165) is 44.9 Å². The minimum absolute atomic E-state index is 0.0745. The Kier molecular flexibility index (Phi) is 36.0. The molecule has 0 rings (SSSR count). The number of allylic oxidation sites excluding steroid dienone is 7. The van der Waals surface area contributed by atoms with Crippen LogP contribution in [0.15, 0.2) is 48.6 Å². The van der Waals surface area contributed by atoms with Gasteiger partial charge < -0.3 is 34.8 Å². The van der Waals surface area contributed by atoms with Gasteiger partial charge in [-0.2, -0.15) is 0 Å². The van der Waals surface area contributed by atoms with Gasteiger partial charge in [-0.25, -0.2) is 4.57 Å². The van der Waals surface area contributed by atoms with Crippen molar-refractivity contribution < 1.29 is 58.0 Å². The topological polar surface area (TPSA) is 189 Å². The summed E-state index contributed by atoms with van der Waals surface area (Å²) in [5.41, 5.74) is 0. The summed E-state index contributed by atoms with van der Waals surface area (Å²) in [6, 6.07) is 0. The molecule has 0 amide bonds. The molecule has 0 aromatic carbocycles. The van der Waals surface area contributed by atoms with Gasteiger partial charge in [-0.15, -0.1) is 0 Å². The zero-order valence-electron chi connectivity index (χ0n) is 33.9. The molecule has 0 saturated carbocycles. The van der Waals surface area contributed by atoms with Crippen LogP contribution in [0.4, 0.5) is 0 Å². The zero-order chi connectivity index (χ0) is 40.8. The lowest BCUT2D eigenvalue weighted by molar-refractivity contribution is -0.161. The molecule has 0 saturated heterocycles. The minimum atomic E-state index is -4.68. The molecule has 5 atom stereocenters. The number of carbonyl (C=O) groups is 2. The van der Waals surface area contributed by atoms with Crippen LogP contribution in [-0.2, 0) is 32.7 Å². The van der Waals surface area contributed by atoms with E-state index in [-0.39, 0.29) is 32.1 Å². The van der Waals surface area contributed by atoms with Crippen LogP contribution in [0, 0.1) is 0 Å². The third-order valence-electron chi connectivity index (χ3n) is 8.70. The number of ether oxygens (including phenoxy) is 2. The average Bonchev–Trinajstić information content (AvgIpc) is 3.17. The van der Waals surface area contributed by atoms with Crippen LogP contribution in [0.5, 0.6) is 0 Å². The van der Waals surface area contributed by atoms with Gasteiger partial charge in [0, 0.05) is 12.8 Å². The number of phosphoric ester groups is 1. The maximum Gasteiger partial charge on any atom is 0.472 e. The monoisotopic (exact) mass is 802 g/mol. The highest BCUT2D eigenvalue weighted by atomic mass is 31.2. The fraction of sp³-hybridized carbons (Fsp3) is 0.762. The summed E-state index contributed by atoms with van der Waals surface area (Å²) in [4.78, 5) is 35.0. The van der Waals surface area contributed by atoms with Crippen molar-refractivity contribution in [2.24, 2.45) is 0 Å². The van der Waals surface area contributed by atoms with E-state index in [1.165, 1.54) is 57.8 Å². The second kappa shape index (κ2) is 37.4. The van der Waals surface area contributed by atoms with Crippen LogP contribution >= 0.6 is 7.82 Å². The quantitative estimate of drug-likeness (QED) is 0.0174. The summed E-state index contributed by atoms with van der Waals surface area (Å²) in [5, 5.41) is 38.9. The van der Waals surface area contributed by atoms with Crippen molar-refractivity contribution >= 4 is 19.8 Å². The van der Waals surface area contributed by atoms with Crippen molar-refractivity contribution in [1.29, 1.82) is 0 Å². The number of esters is 2. The lowest BCUT2D eigenvalue weighted by Crippen LogP contribution is -2.30. The Morgan fingerprint density at radius 1 is 0.600 bits per heavy atom. The number of hydrogen-bond donors (Lipinski definition) is 5. The molecule has 0 aliphatic heterocycles. The molecule has 0 fully saturated rings. The third kappa shape index (κ3) is 36.0. The van der Waals surface area contributed by atoms with Crippen LogP contribution in [-0.4, -0.2) is 88.1 Å². The molecule has 13 heteroatoms. The van der Waals surface area contributed by atoms with E-state index < -0.39 is 70.6 Å². The van der Waals surface area contributed by atoms with Gasteiger partial charge in [0.15, 0.2) is 6.10 Å². The van der Waals surface area contributed by atoms with Crippen LogP contribution in [0.2, 0.25) is 0 Å². The van der Waals surface area contributed by atoms with Crippen molar-refractivity contribution in [1.82, 2.24) is 0 Å². The van der Waals surface area contributed by atoms with E-state index in [1.54, 1.807) is 0 Å². The first-order valence-electron chi connectivity index (χ1n) is 20.8. The molecule has 0 aliphatic rings. The molecular formula is C42H75O12P. The number of phosphoric acid groups is 1. The molecule has 0 aromatic heterocycles. The minimum Gasteiger partial charge on any atom is -0.462 e. The number of aliphatic hydroxyl groups is 4. The SMILES string of the molecule is CC/C=C\C/C=C\C/C=C\C/C=C\C[C@H](O)[C@@H](O)CCCC(=O)OC[C@H](COP(=O)(O)OC[C@@H](O)CO)OC(=O)CCCCCCCCCCCCCCC. The Bertz CT molecular complexity index is 1090. The molecule has 0 heterocycles. The van der Waals surface area contributed by atoms with E-state index >= 15 is 0 Å².